The molecule has 6 nitrogen and oxygen atoms in total. The summed E-state index contributed by atoms with van der Waals surface area (Å²) in [5.74, 6) is 0.119. The topological polar surface area (TPSA) is 85.4 Å². The van der Waals surface area contributed by atoms with Crippen molar-refractivity contribution in [2.45, 2.75) is 19.2 Å². The second-order valence-corrected chi connectivity index (χ2v) is 7.49. The van der Waals surface area contributed by atoms with E-state index in [1.165, 1.54) is 0 Å². The third-order valence-corrected chi connectivity index (χ3v) is 4.05. The lowest BCUT2D eigenvalue weighted by atomic mass is 10.1. The molecule has 1 aromatic heterocycles. The second kappa shape index (κ2) is 7.92. The zero-order valence-corrected chi connectivity index (χ0v) is 14.5. The second-order valence-electron chi connectivity index (χ2n) is 5.35. The average molecular weight is 348 g/mol. The minimum atomic E-state index is -3.14. The van der Waals surface area contributed by atoms with Crippen molar-refractivity contribution >= 4 is 15.7 Å². The molecule has 7 heteroatoms. The highest BCUT2D eigenvalue weighted by atomic mass is 32.2. The summed E-state index contributed by atoms with van der Waals surface area (Å²) in [7, 11) is -3.14. The number of ether oxygens (including phenoxy) is 1. The van der Waals surface area contributed by atoms with Crippen LogP contribution in [0.5, 0.6) is 5.88 Å². The van der Waals surface area contributed by atoms with Gasteiger partial charge in [-0.1, -0.05) is 18.2 Å². The predicted molar refractivity (Wildman–Crippen MR) is 91.6 cm³/mol. The van der Waals surface area contributed by atoms with Gasteiger partial charge >= 0.3 is 0 Å². The Labute approximate surface area is 141 Å². The van der Waals surface area contributed by atoms with E-state index in [1.807, 2.05) is 13.0 Å². The van der Waals surface area contributed by atoms with Crippen LogP contribution in [0.1, 0.15) is 28.4 Å². The van der Waals surface area contributed by atoms with Crippen LogP contribution in [0.25, 0.3) is 0 Å². The SMILES string of the molecule is CCOc1ncccc1CNC(=O)c1cccc(CS(C)(=O)=O)c1. The minimum absolute atomic E-state index is 0.0921. The summed E-state index contributed by atoms with van der Waals surface area (Å²) < 4.78 is 28.2. The molecule has 2 aromatic rings. The fourth-order valence-electron chi connectivity index (χ4n) is 2.21. The van der Waals surface area contributed by atoms with E-state index in [9.17, 15) is 13.2 Å². The number of hydrogen-bond donors (Lipinski definition) is 1. The van der Waals surface area contributed by atoms with Crippen LogP contribution in [0.3, 0.4) is 0 Å². The number of nitrogens with one attached hydrogen (secondary N) is 1. The highest BCUT2D eigenvalue weighted by Crippen LogP contribution is 2.14. The number of carbonyl (C=O) groups is 1. The summed E-state index contributed by atoms with van der Waals surface area (Å²) in [4.78, 5) is 16.4. The van der Waals surface area contributed by atoms with Gasteiger partial charge in [-0.2, -0.15) is 0 Å². The van der Waals surface area contributed by atoms with Crippen LogP contribution in [-0.4, -0.2) is 32.2 Å². The number of amides is 1. The first-order chi connectivity index (χ1) is 11.4. The molecule has 0 aliphatic heterocycles. The molecule has 1 heterocycles. The number of nitrogens with zero attached hydrogens (tertiary/aromatic N) is 1. The Hall–Kier alpha value is -2.41. The maximum atomic E-state index is 12.3. The summed E-state index contributed by atoms with van der Waals surface area (Å²) >= 11 is 0. The maximum Gasteiger partial charge on any atom is 0.251 e. The van der Waals surface area contributed by atoms with Gasteiger partial charge in [0.15, 0.2) is 9.84 Å². The minimum Gasteiger partial charge on any atom is -0.478 e. The van der Waals surface area contributed by atoms with Gasteiger partial charge in [-0.25, -0.2) is 13.4 Å². The number of aromatic nitrogens is 1. The molecular weight excluding hydrogens is 328 g/mol. The summed E-state index contributed by atoms with van der Waals surface area (Å²) in [6.45, 7) is 2.63. The molecule has 0 spiro atoms. The Morgan fingerprint density at radius 3 is 2.75 bits per heavy atom. The van der Waals surface area contributed by atoms with Gasteiger partial charge in [0.05, 0.1) is 12.4 Å². The third-order valence-electron chi connectivity index (χ3n) is 3.19. The van der Waals surface area contributed by atoms with E-state index >= 15 is 0 Å². The van der Waals surface area contributed by atoms with Crippen molar-refractivity contribution in [1.29, 1.82) is 0 Å². The quantitative estimate of drug-likeness (QED) is 0.827. The molecule has 0 saturated carbocycles. The van der Waals surface area contributed by atoms with E-state index in [-0.39, 0.29) is 18.2 Å². The Balaban J connectivity index is 2.07. The Kier molecular flexibility index (Phi) is 5.92. The first-order valence-corrected chi connectivity index (χ1v) is 9.56. The number of benzene rings is 1. The Morgan fingerprint density at radius 1 is 1.25 bits per heavy atom. The molecule has 0 radical (unpaired) electrons. The summed E-state index contributed by atoms with van der Waals surface area (Å²) in [6.07, 6.45) is 2.79. The molecule has 0 fully saturated rings. The van der Waals surface area contributed by atoms with Crippen molar-refractivity contribution in [2.24, 2.45) is 0 Å². The summed E-state index contributed by atoms with van der Waals surface area (Å²) in [5.41, 5.74) is 1.78. The predicted octanol–water partition coefficient (Wildman–Crippen LogP) is 1.95. The zero-order valence-electron chi connectivity index (χ0n) is 13.7. The largest absolute Gasteiger partial charge is 0.478 e. The van der Waals surface area contributed by atoms with Crippen LogP contribution in [0.4, 0.5) is 0 Å². The van der Waals surface area contributed by atoms with E-state index in [4.69, 9.17) is 4.74 Å². The highest BCUT2D eigenvalue weighted by molar-refractivity contribution is 7.89. The van der Waals surface area contributed by atoms with Crippen LogP contribution >= 0.6 is 0 Å². The van der Waals surface area contributed by atoms with E-state index in [0.717, 1.165) is 11.8 Å². The van der Waals surface area contributed by atoms with Gasteiger partial charge in [0, 0.05) is 30.1 Å². The van der Waals surface area contributed by atoms with Gasteiger partial charge in [-0.3, -0.25) is 4.79 Å². The smallest absolute Gasteiger partial charge is 0.251 e. The van der Waals surface area contributed by atoms with Crippen LogP contribution < -0.4 is 10.1 Å². The molecule has 1 amide bonds. The molecule has 0 bridgehead atoms. The van der Waals surface area contributed by atoms with E-state index < -0.39 is 9.84 Å². The first kappa shape index (κ1) is 17.9. The molecule has 128 valence electrons. The van der Waals surface area contributed by atoms with Gasteiger partial charge in [-0.15, -0.1) is 0 Å². The molecule has 0 atom stereocenters. The molecule has 1 N–H and O–H groups in total. The number of rotatable bonds is 7. The maximum absolute atomic E-state index is 12.3. The summed E-state index contributed by atoms with van der Waals surface area (Å²) in [6, 6.07) is 10.2. The standard InChI is InChI=1S/C17H20N2O4S/c1-3-23-17-15(8-5-9-18-17)11-19-16(20)14-7-4-6-13(10-14)12-24(2,21)22/h4-10H,3,11-12H2,1-2H3,(H,19,20). The van der Waals surface area contributed by atoms with Crippen molar-refractivity contribution in [3.05, 3.63) is 59.3 Å². The van der Waals surface area contributed by atoms with Crippen LogP contribution in [0.2, 0.25) is 0 Å². The molecular formula is C17H20N2O4S. The number of pyridine rings is 1. The monoisotopic (exact) mass is 348 g/mol. The molecule has 0 aliphatic rings. The van der Waals surface area contributed by atoms with Crippen molar-refractivity contribution in [3.8, 4) is 5.88 Å². The third kappa shape index (κ3) is 5.34. The average Bonchev–Trinajstić information content (AvgIpc) is 2.52. The lowest BCUT2D eigenvalue weighted by Gasteiger charge is -2.10. The lowest BCUT2D eigenvalue weighted by Crippen LogP contribution is -2.23. The van der Waals surface area contributed by atoms with Crippen LogP contribution in [-0.2, 0) is 22.1 Å². The lowest BCUT2D eigenvalue weighted by molar-refractivity contribution is 0.0950. The van der Waals surface area contributed by atoms with Crippen molar-refractivity contribution in [2.75, 3.05) is 12.9 Å². The van der Waals surface area contributed by atoms with Crippen molar-refractivity contribution in [3.63, 3.8) is 0 Å². The van der Waals surface area contributed by atoms with Crippen molar-refractivity contribution in [1.82, 2.24) is 10.3 Å². The molecule has 1 aromatic carbocycles. The van der Waals surface area contributed by atoms with Gasteiger partial charge in [0.2, 0.25) is 5.88 Å². The highest BCUT2D eigenvalue weighted by Gasteiger charge is 2.11. The number of sulfone groups is 1. The summed E-state index contributed by atoms with van der Waals surface area (Å²) in [5, 5.41) is 2.80. The molecule has 0 unspecified atom stereocenters. The normalized spacial score (nSPS) is 11.1. The van der Waals surface area contributed by atoms with E-state index in [1.54, 1.807) is 36.5 Å². The zero-order chi connectivity index (χ0) is 17.6. The first-order valence-electron chi connectivity index (χ1n) is 7.50. The molecule has 24 heavy (non-hydrogen) atoms. The molecule has 0 aliphatic carbocycles. The number of hydrogen-bond acceptors (Lipinski definition) is 5. The van der Waals surface area contributed by atoms with Crippen LogP contribution in [0.15, 0.2) is 42.6 Å². The van der Waals surface area contributed by atoms with E-state index in [2.05, 4.69) is 10.3 Å². The fraction of sp³-hybridized carbons (Fsp3) is 0.294. The van der Waals surface area contributed by atoms with Gasteiger partial charge < -0.3 is 10.1 Å². The van der Waals surface area contributed by atoms with Gasteiger partial charge in [0.25, 0.3) is 5.91 Å². The van der Waals surface area contributed by atoms with E-state index in [0.29, 0.717) is 23.6 Å². The van der Waals surface area contributed by atoms with Crippen molar-refractivity contribution < 1.29 is 17.9 Å². The van der Waals surface area contributed by atoms with Crippen LogP contribution in [0, 0.1) is 0 Å². The Morgan fingerprint density at radius 2 is 2.04 bits per heavy atom. The fourth-order valence-corrected chi connectivity index (χ4v) is 2.99. The Bertz CT molecular complexity index is 819. The van der Waals surface area contributed by atoms with Gasteiger partial charge in [0.1, 0.15) is 0 Å². The number of carbonyl (C=O) groups excluding carboxylic acids is 1. The van der Waals surface area contributed by atoms with Gasteiger partial charge in [-0.05, 0) is 30.7 Å². The molecule has 2 rings (SSSR count). The molecule has 0 saturated heterocycles.